The molecule has 0 aliphatic heterocycles. The molecule has 0 saturated heterocycles. The predicted octanol–water partition coefficient (Wildman–Crippen LogP) is 2.50. The zero-order chi connectivity index (χ0) is 20.5. The van der Waals surface area contributed by atoms with E-state index < -0.39 is 11.3 Å². The van der Waals surface area contributed by atoms with E-state index in [9.17, 15) is 14.0 Å². The summed E-state index contributed by atoms with van der Waals surface area (Å²) in [6.45, 7) is 1.92. The third kappa shape index (κ3) is 3.40. The lowest BCUT2D eigenvalue weighted by atomic mass is 10.1. The maximum atomic E-state index is 13.3. The first-order valence-electron chi connectivity index (χ1n) is 8.98. The van der Waals surface area contributed by atoms with Gasteiger partial charge in [0.15, 0.2) is 0 Å². The Labute approximate surface area is 165 Å². The summed E-state index contributed by atoms with van der Waals surface area (Å²) in [4.78, 5) is 29.8. The Kier molecular flexibility index (Phi) is 4.67. The molecule has 0 atom stereocenters. The SMILES string of the molecule is Cc1nn(-c2ccc(F)cc2)c2c1c(=O)c(C(=O)NCc1ccccn1)cn2C. The number of aryl methyl sites for hydroxylation is 2. The Hall–Kier alpha value is -3.81. The first-order valence-corrected chi connectivity index (χ1v) is 8.98. The standard InChI is InChI=1S/C21H18FN5O2/c1-13-18-19(28)17(20(29)24-11-15-5-3-4-10-23-15)12-26(2)21(18)27(25-13)16-8-6-14(22)7-9-16/h3-10,12H,11H2,1-2H3,(H,24,29). The van der Waals surface area contributed by atoms with Gasteiger partial charge in [0.1, 0.15) is 17.0 Å². The molecule has 1 aromatic carbocycles. The van der Waals surface area contributed by atoms with Crippen LogP contribution in [0.1, 0.15) is 21.7 Å². The zero-order valence-corrected chi connectivity index (χ0v) is 15.9. The molecule has 1 amide bonds. The summed E-state index contributed by atoms with van der Waals surface area (Å²) in [5, 5.41) is 7.51. The summed E-state index contributed by atoms with van der Waals surface area (Å²) in [6, 6.07) is 11.2. The van der Waals surface area contributed by atoms with E-state index in [0.29, 0.717) is 28.1 Å². The number of benzene rings is 1. The van der Waals surface area contributed by atoms with Crippen molar-refractivity contribution in [3.05, 3.63) is 87.9 Å². The Morgan fingerprint density at radius 1 is 1.17 bits per heavy atom. The van der Waals surface area contributed by atoms with Gasteiger partial charge in [0, 0.05) is 19.4 Å². The average Bonchev–Trinajstić information content (AvgIpc) is 3.08. The van der Waals surface area contributed by atoms with Crippen molar-refractivity contribution in [2.75, 3.05) is 0 Å². The highest BCUT2D eigenvalue weighted by Crippen LogP contribution is 2.20. The molecule has 146 valence electrons. The van der Waals surface area contributed by atoms with E-state index in [-0.39, 0.29) is 17.9 Å². The molecule has 29 heavy (non-hydrogen) atoms. The van der Waals surface area contributed by atoms with Crippen molar-refractivity contribution >= 4 is 16.9 Å². The largest absolute Gasteiger partial charge is 0.346 e. The normalized spacial score (nSPS) is 11.0. The number of hydrogen-bond donors (Lipinski definition) is 1. The molecule has 0 saturated carbocycles. The number of amides is 1. The van der Waals surface area contributed by atoms with E-state index in [0.717, 1.165) is 0 Å². The number of fused-ring (bicyclic) bond motifs is 1. The number of carbonyl (C=O) groups is 1. The van der Waals surface area contributed by atoms with E-state index in [4.69, 9.17) is 0 Å². The van der Waals surface area contributed by atoms with Gasteiger partial charge in [-0.15, -0.1) is 0 Å². The van der Waals surface area contributed by atoms with Gasteiger partial charge in [-0.25, -0.2) is 9.07 Å². The van der Waals surface area contributed by atoms with Crippen molar-refractivity contribution in [2.24, 2.45) is 7.05 Å². The van der Waals surface area contributed by atoms with Gasteiger partial charge >= 0.3 is 0 Å². The van der Waals surface area contributed by atoms with Crippen LogP contribution in [0.2, 0.25) is 0 Å². The zero-order valence-electron chi connectivity index (χ0n) is 15.9. The Bertz CT molecular complexity index is 1260. The molecule has 3 aromatic heterocycles. The molecule has 1 N–H and O–H groups in total. The maximum Gasteiger partial charge on any atom is 0.257 e. The Morgan fingerprint density at radius 2 is 1.93 bits per heavy atom. The van der Waals surface area contributed by atoms with Crippen molar-refractivity contribution < 1.29 is 9.18 Å². The van der Waals surface area contributed by atoms with Crippen molar-refractivity contribution in [3.63, 3.8) is 0 Å². The van der Waals surface area contributed by atoms with Gasteiger partial charge in [0.25, 0.3) is 5.91 Å². The van der Waals surface area contributed by atoms with Crippen LogP contribution in [0, 0.1) is 12.7 Å². The van der Waals surface area contributed by atoms with Gasteiger partial charge in [0.2, 0.25) is 5.43 Å². The van der Waals surface area contributed by atoms with Crippen LogP contribution >= 0.6 is 0 Å². The van der Waals surface area contributed by atoms with E-state index in [2.05, 4.69) is 15.4 Å². The molecule has 4 aromatic rings. The van der Waals surface area contributed by atoms with E-state index in [1.165, 1.54) is 18.3 Å². The highest BCUT2D eigenvalue weighted by Gasteiger charge is 2.20. The van der Waals surface area contributed by atoms with Crippen LogP contribution in [0.4, 0.5) is 4.39 Å². The third-order valence-corrected chi connectivity index (χ3v) is 4.64. The van der Waals surface area contributed by atoms with Crippen LogP contribution in [0.5, 0.6) is 0 Å². The first-order chi connectivity index (χ1) is 14.0. The summed E-state index contributed by atoms with van der Waals surface area (Å²) < 4.78 is 16.5. The quantitative estimate of drug-likeness (QED) is 0.580. The molecular weight excluding hydrogens is 373 g/mol. The minimum absolute atomic E-state index is 0.0256. The van der Waals surface area contributed by atoms with Crippen molar-refractivity contribution in [1.29, 1.82) is 0 Å². The number of halogens is 1. The summed E-state index contributed by atoms with van der Waals surface area (Å²) in [6.07, 6.45) is 3.12. The molecule has 3 heterocycles. The molecule has 0 bridgehead atoms. The van der Waals surface area contributed by atoms with Crippen LogP contribution in [-0.2, 0) is 13.6 Å². The monoisotopic (exact) mass is 391 g/mol. The van der Waals surface area contributed by atoms with Crippen LogP contribution in [-0.4, -0.2) is 25.2 Å². The number of pyridine rings is 2. The van der Waals surface area contributed by atoms with Gasteiger partial charge < -0.3 is 9.88 Å². The fraction of sp³-hybridized carbons (Fsp3) is 0.143. The lowest BCUT2D eigenvalue weighted by Gasteiger charge is -2.10. The van der Waals surface area contributed by atoms with Crippen molar-refractivity contribution in [3.8, 4) is 5.69 Å². The second-order valence-corrected chi connectivity index (χ2v) is 6.66. The van der Waals surface area contributed by atoms with Crippen LogP contribution < -0.4 is 10.7 Å². The van der Waals surface area contributed by atoms with Crippen molar-refractivity contribution in [2.45, 2.75) is 13.5 Å². The number of hydrogen-bond acceptors (Lipinski definition) is 4. The van der Waals surface area contributed by atoms with Crippen LogP contribution in [0.3, 0.4) is 0 Å². The van der Waals surface area contributed by atoms with Crippen LogP contribution in [0.25, 0.3) is 16.7 Å². The minimum Gasteiger partial charge on any atom is -0.346 e. The number of nitrogens with zero attached hydrogens (tertiary/aromatic N) is 4. The predicted molar refractivity (Wildman–Crippen MR) is 106 cm³/mol. The number of nitrogens with one attached hydrogen (secondary N) is 1. The van der Waals surface area contributed by atoms with Gasteiger partial charge in [-0.3, -0.25) is 14.6 Å². The van der Waals surface area contributed by atoms with Gasteiger partial charge in [0.05, 0.1) is 29.0 Å². The lowest BCUT2D eigenvalue weighted by molar-refractivity contribution is 0.0949. The summed E-state index contributed by atoms with van der Waals surface area (Å²) in [5.41, 5.74) is 1.95. The molecule has 0 unspecified atom stereocenters. The molecule has 0 aliphatic carbocycles. The molecule has 0 radical (unpaired) electrons. The summed E-state index contributed by atoms with van der Waals surface area (Å²) in [7, 11) is 1.73. The van der Waals surface area contributed by atoms with Gasteiger partial charge in [-0.2, -0.15) is 5.10 Å². The maximum absolute atomic E-state index is 13.3. The summed E-state index contributed by atoms with van der Waals surface area (Å²) in [5.74, 6) is -0.838. The minimum atomic E-state index is -0.480. The molecule has 4 rings (SSSR count). The van der Waals surface area contributed by atoms with E-state index >= 15 is 0 Å². The molecule has 0 aliphatic rings. The Morgan fingerprint density at radius 3 is 2.62 bits per heavy atom. The smallest absolute Gasteiger partial charge is 0.257 e. The van der Waals surface area contributed by atoms with Crippen LogP contribution in [0.15, 0.2) is 59.7 Å². The second kappa shape index (κ2) is 7.31. The molecule has 0 fully saturated rings. The fourth-order valence-corrected chi connectivity index (χ4v) is 3.25. The second-order valence-electron chi connectivity index (χ2n) is 6.66. The van der Waals surface area contributed by atoms with E-state index in [1.807, 2.05) is 6.07 Å². The Balaban J connectivity index is 1.75. The summed E-state index contributed by atoms with van der Waals surface area (Å²) >= 11 is 0. The topological polar surface area (TPSA) is 81.8 Å². The molecular formula is C21H18FN5O2. The van der Waals surface area contributed by atoms with Crippen molar-refractivity contribution in [1.82, 2.24) is 24.6 Å². The fourth-order valence-electron chi connectivity index (χ4n) is 3.25. The number of rotatable bonds is 4. The van der Waals surface area contributed by atoms with Gasteiger partial charge in [-0.1, -0.05) is 6.07 Å². The molecule has 8 heteroatoms. The first kappa shape index (κ1) is 18.5. The lowest BCUT2D eigenvalue weighted by Crippen LogP contribution is -2.29. The van der Waals surface area contributed by atoms with Gasteiger partial charge in [-0.05, 0) is 43.3 Å². The molecule has 7 nitrogen and oxygen atoms in total. The highest BCUT2D eigenvalue weighted by molar-refractivity contribution is 5.97. The highest BCUT2D eigenvalue weighted by atomic mass is 19.1. The molecule has 0 spiro atoms. The number of carbonyl (C=O) groups excluding carboxylic acids is 1. The number of aromatic nitrogens is 4. The van der Waals surface area contributed by atoms with E-state index in [1.54, 1.807) is 53.7 Å². The average molecular weight is 391 g/mol. The third-order valence-electron chi connectivity index (χ3n) is 4.64.